The fourth-order valence-electron chi connectivity index (χ4n) is 6.03. The van der Waals surface area contributed by atoms with Crippen molar-refractivity contribution in [3.63, 3.8) is 0 Å². The van der Waals surface area contributed by atoms with Crippen LogP contribution in [0, 0.1) is 35.3 Å². The molecule has 1 N–H and O–H groups in total. The SMILES string of the molecule is CC1C2CCC(CC2)C1Cc1nc(-c2[nH]nc3ncc(F)cc23)nc(-c2ccccc2)c1F. The first kappa shape index (κ1) is 20.4. The number of nitrogens with one attached hydrogen (secondary N) is 1. The van der Waals surface area contributed by atoms with Gasteiger partial charge >= 0.3 is 0 Å². The molecule has 33 heavy (non-hydrogen) atoms. The van der Waals surface area contributed by atoms with E-state index in [9.17, 15) is 4.39 Å². The minimum absolute atomic E-state index is 0.260. The summed E-state index contributed by atoms with van der Waals surface area (Å²) in [6.07, 6.45) is 6.73. The van der Waals surface area contributed by atoms with Crippen LogP contribution in [0.1, 0.15) is 38.3 Å². The summed E-state index contributed by atoms with van der Waals surface area (Å²) in [5, 5.41) is 7.55. The number of H-pyrrole nitrogens is 1. The second-order valence-corrected chi connectivity index (χ2v) is 9.55. The van der Waals surface area contributed by atoms with Gasteiger partial charge in [0, 0.05) is 5.56 Å². The minimum atomic E-state index is -0.470. The lowest BCUT2D eigenvalue weighted by atomic mass is 9.58. The number of benzene rings is 1. The third-order valence-corrected chi connectivity index (χ3v) is 7.84. The molecule has 0 saturated heterocycles. The smallest absolute Gasteiger partial charge is 0.181 e. The summed E-state index contributed by atoms with van der Waals surface area (Å²) in [5.74, 6) is 1.79. The molecule has 3 saturated carbocycles. The summed E-state index contributed by atoms with van der Waals surface area (Å²) in [5.41, 5.74) is 2.20. The van der Waals surface area contributed by atoms with Gasteiger partial charge in [0.25, 0.3) is 0 Å². The molecule has 3 heterocycles. The minimum Gasteiger partial charge on any atom is -0.272 e. The van der Waals surface area contributed by atoms with Crippen LogP contribution in [0.4, 0.5) is 8.78 Å². The second kappa shape index (κ2) is 7.97. The lowest BCUT2D eigenvalue weighted by Gasteiger charge is -2.47. The molecule has 1 aromatic carbocycles. The fraction of sp³-hybridized carbons (Fsp3) is 0.385. The Balaban J connectivity index is 1.49. The Morgan fingerprint density at radius 3 is 2.52 bits per heavy atom. The van der Waals surface area contributed by atoms with Gasteiger partial charge in [-0.25, -0.2) is 23.7 Å². The van der Waals surface area contributed by atoms with E-state index in [1.165, 1.54) is 31.7 Å². The predicted molar refractivity (Wildman–Crippen MR) is 122 cm³/mol. The molecule has 0 amide bonds. The van der Waals surface area contributed by atoms with E-state index in [2.05, 4.69) is 32.1 Å². The Bertz CT molecular complexity index is 1310. The van der Waals surface area contributed by atoms with E-state index < -0.39 is 5.82 Å². The number of hydrogen-bond acceptors (Lipinski definition) is 4. The van der Waals surface area contributed by atoms with E-state index >= 15 is 4.39 Å². The van der Waals surface area contributed by atoms with Crippen molar-refractivity contribution in [3.05, 3.63) is 59.9 Å². The van der Waals surface area contributed by atoms with Crippen molar-refractivity contribution in [1.29, 1.82) is 0 Å². The first-order valence-corrected chi connectivity index (χ1v) is 11.7. The maximum absolute atomic E-state index is 15.9. The third-order valence-electron chi connectivity index (χ3n) is 7.84. The summed E-state index contributed by atoms with van der Waals surface area (Å²) < 4.78 is 29.8. The fourth-order valence-corrected chi connectivity index (χ4v) is 6.03. The van der Waals surface area contributed by atoms with Crippen molar-refractivity contribution in [2.45, 2.75) is 39.0 Å². The molecule has 168 valence electrons. The average Bonchev–Trinajstić information content (AvgIpc) is 3.26. The maximum atomic E-state index is 15.9. The highest BCUT2D eigenvalue weighted by Gasteiger charge is 2.41. The number of fused-ring (bicyclic) bond motifs is 4. The van der Waals surface area contributed by atoms with Crippen LogP contribution in [-0.2, 0) is 6.42 Å². The molecule has 2 unspecified atom stereocenters. The summed E-state index contributed by atoms with van der Waals surface area (Å²) in [7, 11) is 0. The van der Waals surface area contributed by atoms with Gasteiger partial charge in [-0.3, -0.25) is 5.10 Å². The standard InChI is InChI=1S/C26H25F2N5/c1-14-15-7-9-16(10-8-15)19(14)12-21-22(28)23(17-5-3-2-4-6-17)31-26(30-21)24-20-11-18(27)13-29-25(20)33-32-24/h2-6,11,13-16,19H,7-10,12H2,1H3,(H,29,32,33). The molecule has 3 aliphatic rings. The zero-order chi connectivity index (χ0) is 22.5. The number of pyridine rings is 1. The van der Waals surface area contributed by atoms with E-state index in [0.717, 1.165) is 12.1 Å². The summed E-state index contributed by atoms with van der Waals surface area (Å²) >= 11 is 0. The zero-order valence-electron chi connectivity index (χ0n) is 18.4. The quantitative estimate of drug-likeness (QED) is 0.420. The lowest BCUT2D eigenvalue weighted by molar-refractivity contribution is 0.0334. The van der Waals surface area contributed by atoms with Crippen molar-refractivity contribution in [2.75, 3.05) is 0 Å². The highest BCUT2D eigenvalue weighted by molar-refractivity contribution is 5.89. The van der Waals surface area contributed by atoms with E-state index in [1.807, 2.05) is 30.3 Å². The Hall–Kier alpha value is -3.22. The van der Waals surface area contributed by atoms with Crippen LogP contribution < -0.4 is 0 Å². The lowest BCUT2D eigenvalue weighted by Crippen LogP contribution is -2.39. The van der Waals surface area contributed by atoms with Gasteiger partial charge in [0.1, 0.15) is 17.2 Å². The van der Waals surface area contributed by atoms with Crippen molar-refractivity contribution in [1.82, 2.24) is 25.1 Å². The van der Waals surface area contributed by atoms with Crippen LogP contribution in [0.3, 0.4) is 0 Å². The van der Waals surface area contributed by atoms with Crippen LogP contribution in [0.15, 0.2) is 42.6 Å². The average molecular weight is 446 g/mol. The van der Waals surface area contributed by atoms with Gasteiger partial charge in [-0.05, 0) is 61.8 Å². The number of aromatic nitrogens is 5. The third kappa shape index (κ3) is 3.50. The Kier molecular flexibility index (Phi) is 4.93. The summed E-state index contributed by atoms with van der Waals surface area (Å²) in [6, 6.07) is 10.7. The van der Waals surface area contributed by atoms with Crippen molar-refractivity contribution in [3.8, 4) is 22.8 Å². The van der Waals surface area contributed by atoms with E-state index in [1.54, 1.807) is 0 Å². The first-order valence-electron chi connectivity index (χ1n) is 11.7. The van der Waals surface area contributed by atoms with Gasteiger partial charge in [0.15, 0.2) is 17.3 Å². The van der Waals surface area contributed by atoms with Crippen molar-refractivity contribution >= 4 is 11.0 Å². The molecule has 4 aromatic rings. The Morgan fingerprint density at radius 2 is 1.76 bits per heavy atom. The van der Waals surface area contributed by atoms with E-state index in [0.29, 0.717) is 58.0 Å². The number of rotatable bonds is 4. The zero-order valence-corrected chi connectivity index (χ0v) is 18.4. The molecular formula is C26H25F2N5. The van der Waals surface area contributed by atoms with Crippen LogP contribution in [0.5, 0.6) is 0 Å². The van der Waals surface area contributed by atoms with Gasteiger partial charge in [0.05, 0.1) is 17.3 Å². The van der Waals surface area contributed by atoms with E-state index in [-0.39, 0.29) is 11.5 Å². The summed E-state index contributed by atoms with van der Waals surface area (Å²) in [4.78, 5) is 13.3. The van der Waals surface area contributed by atoms with Gasteiger partial charge in [0.2, 0.25) is 0 Å². The topological polar surface area (TPSA) is 67.3 Å². The van der Waals surface area contributed by atoms with E-state index in [4.69, 9.17) is 0 Å². The molecule has 2 bridgehead atoms. The summed E-state index contributed by atoms with van der Waals surface area (Å²) in [6.45, 7) is 2.32. The molecule has 5 nitrogen and oxygen atoms in total. The van der Waals surface area contributed by atoms with Gasteiger partial charge in [-0.1, -0.05) is 37.3 Å². The van der Waals surface area contributed by atoms with Crippen LogP contribution in [0.25, 0.3) is 33.8 Å². The van der Waals surface area contributed by atoms with Gasteiger partial charge < -0.3 is 0 Å². The molecule has 3 aromatic heterocycles. The van der Waals surface area contributed by atoms with Gasteiger partial charge in [-0.15, -0.1) is 0 Å². The molecule has 7 heteroatoms. The maximum Gasteiger partial charge on any atom is 0.181 e. The molecule has 7 rings (SSSR count). The molecule has 2 atom stereocenters. The monoisotopic (exact) mass is 445 g/mol. The Labute approximate surface area is 190 Å². The van der Waals surface area contributed by atoms with Crippen LogP contribution in [-0.4, -0.2) is 25.1 Å². The van der Waals surface area contributed by atoms with Crippen molar-refractivity contribution < 1.29 is 8.78 Å². The number of aromatic amines is 1. The van der Waals surface area contributed by atoms with Crippen LogP contribution >= 0.6 is 0 Å². The Morgan fingerprint density at radius 1 is 1.00 bits per heavy atom. The molecular weight excluding hydrogens is 420 g/mol. The largest absolute Gasteiger partial charge is 0.272 e. The highest BCUT2D eigenvalue weighted by Crippen LogP contribution is 2.50. The highest BCUT2D eigenvalue weighted by atomic mass is 19.1. The number of hydrogen-bond donors (Lipinski definition) is 1. The van der Waals surface area contributed by atoms with Crippen molar-refractivity contribution in [2.24, 2.45) is 23.7 Å². The first-order chi connectivity index (χ1) is 16.1. The molecule has 0 aliphatic heterocycles. The molecule has 3 fully saturated rings. The molecule has 0 radical (unpaired) electrons. The van der Waals surface area contributed by atoms with Crippen LogP contribution in [0.2, 0.25) is 0 Å². The predicted octanol–water partition coefficient (Wildman–Crippen LogP) is 5.97. The second-order valence-electron chi connectivity index (χ2n) is 9.55. The molecule has 3 aliphatic carbocycles. The molecule has 0 spiro atoms. The normalized spacial score (nSPS) is 24.5. The number of halogens is 2. The van der Waals surface area contributed by atoms with Gasteiger partial charge in [-0.2, -0.15) is 5.10 Å². The number of nitrogens with zero attached hydrogens (tertiary/aromatic N) is 4.